The molecule has 1 atom stereocenters. The molecule has 0 aliphatic carbocycles. The Balaban J connectivity index is 1.49. The van der Waals surface area contributed by atoms with E-state index >= 15 is 0 Å². The van der Waals surface area contributed by atoms with Gasteiger partial charge in [0.1, 0.15) is 0 Å². The first-order chi connectivity index (χ1) is 11.6. The molecule has 1 aromatic carbocycles. The van der Waals surface area contributed by atoms with E-state index in [1.165, 1.54) is 6.20 Å². The van der Waals surface area contributed by atoms with Crippen LogP contribution in [0.1, 0.15) is 23.5 Å². The highest BCUT2D eigenvalue weighted by molar-refractivity contribution is 6.36. The number of nitrogens with zero attached hydrogens (tertiary/aromatic N) is 2. The number of hydrogen-bond donors (Lipinski definition) is 1. The Hall–Kier alpha value is -1.56. The molecule has 3 aliphatic heterocycles. The van der Waals surface area contributed by atoms with E-state index in [4.69, 9.17) is 27.6 Å². The molecule has 0 unspecified atom stereocenters. The zero-order valence-electron chi connectivity index (χ0n) is 13.0. The quantitative estimate of drug-likeness (QED) is 0.904. The topological polar surface area (TPSA) is 58.4 Å². The van der Waals surface area contributed by atoms with Crippen molar-refractivity contribution in [1.82, 2.24) is 15.2 Å². The molecule has 3 fully saturated rings. The molecule has 5 nitrogen and oxygen atoms in total. The summed E-state index contributed by atoms with van der Waals surface area (Å²) in [5, 5.41) is 4.07. The largest absolute Gasteiger partial charge is 0.432 e. The molecular weight excluding hydrogens is 349 g/mol. The molecule has 4 heterocycles. The molecule has 126 valence electrons. The standard InChI is InChI=1S/C17H17Cl2N3O2/c18-11-1-2-12(13(19)7-11)15-8-20-17(24-15)16(23)21-14-9-22-5-3-10(14)4-6-22/h1-2,7-8,10,14H,3-6,9H2,(H,21,23)/t14-/m0/s1. The lowest BCUT2D eigenvalue weighted by Gasteiger charge is -2.44. The van der Waals surface area contributed by atoms with E-state index in [1.807, 2.05) is 0 Å². The first-order valence-electron chi connectivity index (χ1n) is 8.04. The van der Waals surface area contributed by atoms with Crippen molar-refractivity contribution in [2.45, 2.75) is 18.9 Å². The van der Waals surface area contributed by atoms with Gasteiger partial charge in [0.25, 0.3) is 5.89 Å². The van der Waals surface area contributed by atoms with E-state index in [-0.39, 0.29) is 17.8 Å². The van der Waals surface area contributed by atoms with Crippen molar-refractivity contribution in [3.05, 3.63) is 40.3 Å². The maximum absolute atomic E-state index is 12.4. The van der Waals surface area contributed by atoms with E-state index in [1.54, 1.807) is 18.2 Å². The van der Waals surface area contributed by atoms with Gasteiger partial charge in [-0.2, -0.15) is 0 Å². The van der Waals surface area contributed by atoms with Gasteiger partial charge in [0.05, 0.1) is 11.2 Å². The fourth-order valence-electron chi connectivity index (χ4n) is 3.55. The molecule has 0 saturated carbocycles. The SMILES string of the molecule is O=C(N[C@H]1CN2CCC1CC2)c1ncc(-c2ccc(Cl)cc2Cl)o1. The van der Waals surface area contributed by atoms with Crippen molar-refractivity contribution in [3.63, 3.8) is 0 Å². The minimum atomic E-state index is -0.273. The molecule has 5 rings (SSSR count). The highest BCUT2D eigenvalue weighted by atomic mass is 35.5. The van der Waals surface area contributed by atoms with Crippen molar-refractivity contribution in [2.75, 3.05) is 19.6 Å². The molecule has 24 heavy (non-hydrogen) atoms. The lowest BCUT2D eigenvalue weighted by molar-refractivity contribution is 0.0602. The van der Waals surface area contributed by atoms with Crippen LogP contribution in [-0.4, -0.2) is 41.5 Å². The minimum Gasteiger partial charge on any atom is -0.432 e. The lowest BCUT2D eigenvalue weighted by Crippen LogP contribution is -2.57. The Bertz CT molecular complexity index is 769. The first-order valence-corrected chi connectivity index (χ1v) is 8.80. The number of benzene rings is 1. The fraction of sp³-hybridized carbons (Fsp3) is 0.412. The van der Waals surface area contributed by atoms with Crippen LogP contribution >= 0.6 is 23.2 Å². The molecule has 3 aliphatic rings. The second-order valence-corrected chi connectivity index (χ2v) is 7.22. The molecule has 0 radical (unpaired) electrons. The van der Waals surface area contributed by atoms with Crippen LogP contribution in [0.4, 0.5) is 0 Å². The highest BCUT2D eigenvalue weighted by Gasteiger charge is 2.35. The van der Waals surface area contributed by atoms with E-state index in [0.717, 1.165) is 32.5 Å². The summed E-state index contributed by atoms with van der Waals surface area (Å²) in [6.45, 7) is 3.18. The second-order valence-electron chi connectivity index (χ2n) is 6.37. The summed E-state index contributed by atoms with van der Waals surface area (Å²) < 4.78 is 5.61. The summed E-state index contributed by atoms with van der Waals surface area (Å²) >= 11 is 12.1. The molecular formula is C17H17Cl2N3O2. The second kappa shape index (κ2) is 6.39. The van der Waals surface area contributed by atoms with Crippen LogP contribution in [0.3, 0.4) is 0 Å². The highest BCUT2D eigenvalue weighted by Crippen LogP contribution is 2.31. The lowest BCUT2D eigenvalue weighted by atomic mass is 9.84. The van der Waals surface area contributed by atoms with E-state index in [2.05, 4.69) is 15.2 Å². The van der Waals surface area contributed by atoms with Crippen molar-refractivity contribution in [1.29, 1.82) is 0 Å². The van der Waals surface area contributed by atoms with Gasteiger partial charge in [-0.1, -0.05) is 23.2 Å². The maximum Gasteiger partial charge on any atom is 0.307 e. The van der Waals surface area contributed by atoms with Gasteiger partial charge in [-0.25, -0.2) is 4.98 Å². The predicted octanol–water partition coefficient (Wildman–Crippen LogP) is 3.47. The number of hydrogen-bond acceptors (Lipinski definition) is 4. The van der Waals surface area contributed by atoms with Gasteiger partial charge in [-0.15, -0.1) is 0 Å². The molecule has 1 N–H and O–H groups in total. The summed E-state index contributed by atoms with van der Waals surface area (Å²) in [5.41, 5.74) is 0.662. The van der Waals surface area contributed by atoms with Crippen molar-refractivity contribution < 1.29 is 9.21 Å². The zero-order chi connectivity index (χ0) is 16.7. The van der Waals surface area contributed by atoms with Gasteiger partial charge in [0, 0.05) is 23.2 Å². The van der Waals surface area contributed by atoms with Crippen LogP contribution in [0.5, 0.6) is 0 Å². The normalized spacial score (nSPS) is 25.7. The molecule has 0 spiro atoms. The molecule has 2 aromatic rings. The van der Waals surface area contributed by atoms with Crippen LogP contribution in [0.2, 0.25) is 10.0 Å². The van der Waals surface area contributed by atoms with Crippen molar-refractivity contribution in [2.24, 2.45) is 5.92 Å². The van der Waals surface area contributed by atoms with Crippen molar-refractivity contribution in [3.8, 4) is 11.3 Å². The van der Waals surface area contributed by atoms with Crippen LogP contribution in [0.25, 0.3) is 11.3 Å². The number of carbonyl (C=O) groups excluding carboxylic acids is 1. The van der Waals surface area contributed by atoms with Gasteiger partial charge in [0.2, 0.25) is 0 Å². The van der Waals surface area contributed by atoms with Crippen LogP contribution in [0, 0.1) is 5.92 Å². The molecule has 1 amide bonds. The molecule has 2 bridgehead atoms. The van der Waals surface area contributed by atoms with Crippen LogP contribution in [0.15, 0.2) is 28.8 Å². The first kappa shape index (κ1) is 15.9. The monoisotopic (exact) mass is 365 g/mol. The van der Waals surface area contributed by atoms with Gasteiger partial charge < -0.3 is 14.6 Å². The third kappa shape index (κ3) is 3.04. The van der Waals surface area contributed by atoms with E-state index < -0.39 is 0 Å². The average Bonchev–Trinajstić information content (AvgIpc) is 3.06. The van der Waals surface area contributed by atoms with Crippen LogP contribution < -0.4 is 5.32 Å². The zero-order valence-corrected chi connectivity index (χ0v) is 14.5. The van der Waals surface area contributed by atoms with Crippen molar-refractivity contribution >= 4 is 29.1 Å². The number of aromatic nitrogens is 1. The number of carbonyl (C=O) groups is 1. The number of oxazole rings is 1. The minimum absolute atomic E-state index is 0.0625. The van der Waals surface area contributed by atoms with Gasteiger partial charge >= 0.3 is 5.91 Å². The van der Waals surface area contributed by atoms with Crippen LogP contribution in [-0.2, 0) is 0 Å². The summed E-state index contributed by atoms with van der Waals surface area (Å²) in [4.78, 5) is 18.9. The number of halogens is 2. The maximum atomic E-state index is 12.4. The third-order valence-corrected chi connectivity index (χ3v) is 5.42. The Kier molecular flexibility index (Phi) is 4.24. The summed E-state index contributed by atoms with van der Waals surface area (Å²) in [6.07, 6.45) is 3.80. The van der Waals surface area contributed by atoms with Gasteiger partial charge in [0.15, 0.2) is 5.76 Å². The number of fused-ring (bicyclic) bond motifs is 3. The Morgan fingerprint density at radius 2 is 2.08 bits per heavy atom. The summed E-state index contributed by atoms with van der Waals surface area (Å²) in [7, 11) is 0. The average molecular weight is 366 g/mol. The smallest absolute Gasteiger partial charge is 0.307 e. The Labute approximate surface area is 149 Å². The summed E-state index contributed by atoms with van der Waals surface area (Å²) in [6, 6.07) is 5.28. The Morgan fingerprint density at radius 1 is 1.29 bits per heavy atom. The predicted molar refractivity (Wildman–Crippen MR) is 92.4 cm³/mol. The Morgan fingerprint density at radius 3 is 2.75 bits per heavy atom. The molecule has 1 aromatic heterocycles. The summed E-state index contributed by atoms with van der Waals surface area (Å²) in [5.74, 6) is 0.798. The van der Waals surface area contributed by atoms with Gasteiger partial charge in [-0.3, -0.25) is 4.79 Å². The molecule has 3 saturated heterocycles. The number of rotatable bonds is 3. The number of amides is 1. The fourth-order valence-corrected chi connectivity index (χ4v) is 4.05. The van der Waals surface area contributed by atoms with E-state index in [9.17, 15) is 4.79 Å². The number of piperidine rings is 3. The third-order valence-electron chi connectivity index (χ3n) is 4.87. The van der Waals surface area contributed by atoms with Gasteiger partial charge in [-0.05, 0) is 50.0 Å². The van der Waals surface area contributed by atoms with E-state index in [0.29, 0.717) is 27.3 Å². The molecule has 7 heteroatoms. The number of nitrogens with one attached hydrogen (secondary N) is 1.